The normalized spacial score (nSPS) is 12.6. The van der Waals surface area contributed by atoms with Gasteiger partial charge in [0, 0.05) is 10.2 Å². The largest absolute Gasteiger partial charge is 0.347 e. The summed E-state index contributed by atoms with van der Waals surface area (Å²) in [5.74, 6) is -0.779. The summed E-state index contributed by atoms with van der Waals surface area (Å²) in [5.41, 5.74) is 8.88. The third-order valence-corrected chi connectivity index (χ3v) is 4.94. The second kappa shape index (κ2) is 10.0. The molecule has 0 spiro atoms. The van der Waals surface area contributed by atoms with Crippen LogP contribution in [0.5, 0.6) is 0 Å². The van der Waals surface area contributed by atoms with Gasteiger partial charge in [0.2, 0.25) is 11.8 Å². The lowest BCUT2D eigenvalue weighted by molar-refractivity contribution is -0.127. The van der Waals surface area contributed by atoms with Crippen LogP contribution in [0.2, 0.25) is 0 Å². The van der Waals surface area contributed by atoms with E-state index < -0.39 is 18.0 Å². The molecule has 0 aliphatic heterocycles. The molecule has 0 fully saturated rings. The SMILES string of the molecule is N[C@H](c1ccccc1)[C@H](NC(=O)CC(=O)Nc1cccc(Br)c1)c1ccccc1. The van der Waals surface area contributed by atoms with Crippen LogP contribution in [0.1, 0.15) is 29.6 Å². The predicted octanol–water partition coefficient (Wildman–Crippen LogP) is 4.34. The van der Waals surface area contributed by atoms with Crippen LogP contribution in [0.4, 0.5) is 5.69 Å². The molecular weight excluding hydrogens is 430 g/mol. The van der Waals surface area contributed by atoms with E-state index in [1.807, 2.05) is 72.8 Å². The zero-order valence-corrected chi connectivity index (χ0v) is 17.3. The van der Waals surface area contributed by atoms with E-state index in [1.54, 1.807) is 12.1 Å². The fraction of sp³-hybridized carbons (Fsp3) is 0.130. The van der Waals surface area contributed by atoms with Crippen LogP contribution in [0.3, 0.4) is 0 Å². The average molecular weight is 452 g/mol. The molecule has 0 saturated carbocycles. The van der Waals surface area contributed by atoms with E-state index in [4.69, 9.17) is 5.73 Å². The number of amides is 2. The van der Waals surface area contributed by atoms with Gasteiger partial charge >= 0.3 is 0 Å². The summed E-state index contributed by atoms with van der Waals surface area (Å²) in [5, 5.41) is 5.65. The Kier molecular flexibility index (Phi) is 7.16. The Morgan fingerprint density at radius 1 is 0.828 bits per heavy atom. The summed E-state index contributed by atoms with van der Waals surface area (Å²) < 4.78 is 0.845. The van der Waals surface area contributed by atoms with Crippen molar-refractivity contribution in [3.8, 4) is 0 Å². The van der Waals surface area contributed by atoms with Gasteiger partial charge in [0.05, 0.1) is 12.1 Å². The highest BCUT2D eigenvalue weighted by Gasteiger charge is 2.24. The number of carbonyl (C=O) groups is 2. The minimum atomic E-state index is -0.454. The quantitative estimate of drug-likeness (QED) is 0.467. The van der Waals surface area contributed by atoms with Gasteiger partial charge in [-0.15, -0.1) is 0 Å². The summed E-state index contributed by atoms with van der Waals surface area (Å²) in [6, 6.07) is 25.4. The Morgan fingerprint density at radius 2 is 1.45 bits per heavy atom. The Labute approximate surface area is 178 Å². The molecule has 6 heteroatoms. The number of hydrogen-bond acceptors (Lipinski definition) is 3. The van der Waals surface area contributed by atoms with Gasteiger partial charge in [-0.05, 0) is 29.3 Å². The number of nitrogens with two attached hydrogens (primary N) is 1. The van der Waals surface area contributed by atoms with E-state index in [2.05, 4.69) is 26.6 Å². The fourth-order valence-corrected chi connectivity index (χ4v) is 3.45. The second-order valence-electron chi connectivity index (χ2n) is 6.63. The lowest BCUT2D eigenvalue weighted by atomic mass is 9.94. The van der Waals surface area contributed by atoms with Crippen molar-refractivity contribution in [2.24, 2.45) is 5.73 Å². The summed E-state index contributed by atoms with van der Waals surface area (Å²) in [6.07, 6.45) is -0.294. The molecule has 0 aliphatic carbocycles. The minimum absolute atomic E-state index is 0.294. The van der Waals surface area contributed by atoms with E-state index in [-0.39, 0.29) is 12.3 Å². The number of benzene rings is 3. The molecule has 2 amide bonds. The van der Waals surface area contributed by atoms with Crippen molar-refractivity contribution in [3.63, 3.8) is 0 Å². The molecule has 0 bridgehead atoms. The van der Waals surface area contributed by atoms with Crippen molar-refractivity contribution in [1.29, 1.82) is 0 Å². The molecule has 0 unspecified atom stereocenters. The van der Waals surface area contributed by atoms with Gasteiger partial charge in [-0.2, -0.15) is 0 Å². The molecule has 3 aromatic rings. The van der Waals surface area contributed by atoms with Crippen molar-refractivity contribution in [1.82, 2.24) is 5.32 Å². The van der Waals surface area contributed by atoms with Gasteiger partial charge in [-0.1, -0.05) is 82.7 Å². The number of rotatable bonds is 7. The monoisotopic (exact) mass is 451 g/mol. The van der Waals surface area contributed by atoms with E-state index >= 15 is 0 Å². The molecular formula is C23H22BrN3O2. The van der Waals surface area contributed by atoms with Crippen LogP contribution >= 0.6 is 15.9 Å². The second-order valence-corrected chi connectivity index (χ2v) is 7.54. The van der Waals surface area contributed by atoms with E-state index in [0.29, 0.717) is 5.69 Å². The molecule has 4 N–H and O–H groups in total. The summed E-state index contributed by atoms with van der Waals surface area (Å²) >= 11 is 3.36. The highest BCUT2D eigenvalue weighted by molar-refractivity contribution is 9.10. The van der Waals surface area contributed by atoms with Crippen molar-refractivity contribution < 1.29 is 9.59 Å². The Morgan fingerprint density at radius 3 is 2.07 bits per heavy atom. The smallest absolute Gasteiger partial charge is 0.233 e. The first kappa shape index (κ1) is 20.8. The zero-order chi connectivity index (χ0) is 20.6. The van der Waals surface area contributed by atoms with E-state index in [1.165, 1.54) is 0 Å². The lowest BCUT2D eigenvalue weighted by Gasteiger charge is -2.26. The highest BCUT2D eigenvalue weighted by atomic mass is 79.9. The van der Waals surface area contributed by atoms with E-state index in [0.717, 1.165) is 15.6 Å². The fourth-order valence-electron chi connectivity index (χ4n) is 3.05. The topological polar surface area (TPSA) is 84.2 Å². The summed E-state index contributed by atoms with van der Waals surface area (Å²) in [4.78, 5) is 24.9. The van der Waals surface area contributed by atoms with Gasteiger partial charge in [0.15, 0.2) is 0 Å². The molecule has 148 valence electrons. The van der Waals surface area contributed by atoms with Crippen LogP contribution in [0, 0.1) is 0 Å². The van der Waals surface area contributed by atoms with Crippen molar-refractivity contribution in [2.45, 2.75) is 18.5 Å². The van der Waals surface area contributed by atoms with Gasteiger partial charge in [0.1, 0.15) is 6.42 Å². The molecule has 3 aromatic carbocycles. The van der Waals surface area contributed by atoms with E-state index in [9.17, 15) is 9.59 Å². The van der Waals surface area contributed by atoms with Crippen LogP contribution < -0.4 is 16.4 Å². The van der Waals surface area contributed by atoms with Crippen LogP contribution in [-0.4, -0.2) is 11.8 Å². The number of anilines is 1. The molecule has 5 nitrogen and oxygen atoms in total. The average Bonchev–Trinajstić information content (AvgIpc) is 2.72. The number of nitrogens with one attached hydrogen (secondary N) is 2. The zero-order valence-electron chi connectivity index (χ0n) is 15.7. The van der Waals surface area contributed by atoms with Gasteiger partial charge in [-0.3, -0.25) is 9.59 Å². The van der Waals surface area contributed by atoms with Crippen molar-refractivity contribution >= 4 is 33.4 Å². The Bertz CT molecular complexity index is 964. The predicted molar refractivity (Wildman–Crippen MR) is 118 cm³/mol. The van der Waals surface area contributed by atoms with Gasteiger partial charge in [-0.25, -0.2) is 0 Å². The molecule has 2 atom stereocenters. The molecule has 0 saturated heterocycles. The first-order valence-electron chi connectivity index (χ1n) is 9.23. The Balaban J connectivity index is 1.70. The first-order valence-corrected chi connectivity index (χ1v) is 10.0. The summed E-state index contributed by atoms with van der Waals surface area (Å²) in [6.45, 7) is 0. The summed E-state index contributed by atoms with van der Waals surface area (Å²) in [7, 11) is 0. The third-order valence-electron chi connectivity index (χ3n) is 4.45. The highest BCUT2D eigenvalue weighted by Crippen LogP contribution is 2.27. The number of halogens is 1. The van der Waals surface area contributed by atoms with Crippen LogP contribution in [-0.2, 0) is 9.59 Å². The maximum atomic E-state index is 12.6. The number of carbonyl (C=O) groups excluding carboxylic acids is 2. The molecule has 0 heterocycles. The standard InChI is InChI=1S/C23H22BrN3O2/c24-18-12-7-13-19(14-18)26-20(28)15-21(29)27-23(17-10-5-2-6-11-17)22(25)16-8-3-1-4-9-16/h1-14,22-23H,15,25H2,(H,26,28)(H,27,29)/t22-,23-/m1/s1. The van der Waals surface area contributed by atoms with Gasteiger partial charge in [0.25, 0.3) is 0 Å². The van der Waals surface area contributed by atoms with Crippen LogP contribution in [0.15, 0.2) is 89.4 Å². The number of hydrogen-bond donors (Lipinski definition) is 3. The van der Waals surface area contributed by atoms with Gasteiger partial charge < -0.3 is 16.4 Å². The molecule has 3 rings (SSSR count). The molecule has 0 aliphatic rings. The maximum absolute atomic E-state index is 12.6. The third kappa shape index (κ3) is 6.01. The maximum Gasteiger partial charge on any atom is 0.233 e. The Hall–Kier alpha value is -2.96. The van der Waals surface area contributed by atoms with Crippen LogP contribution in [0.25, 0.3) is 0 Å². The van der Waals surface area contributed by atoms with Crippen molar-refractivity contribution in [3.05, 3.63) is 101 Å². The molecule has 0 radical (unpaired) electrons. The molecule has 29 heavy (non-hydrogen) atoms. The first-order chi connectivity index (χ1) is 14.0. The lowest BCUT2D eigenvalue weighted by Crippen LogP contribution is -2.37. The van der Waals surface area contributed by atoms with Crippen molar-refractivity contribution in [2.75, 3.05) is 5.32 Å². The molecule has 0 aromatic heterocycles. The minimum Gasteiger partial charge on any atom is -0.347 e.